The maximum absolute atomic E-state index is 13.6. The second kappa shape index (κ2) is 4.73. The molecule has 1 aliphatic carbocycles. The predicted molar refractivity (Wildman–Crippen MR) is 69.9 cm³/mol. The first-order valence-electron chi connectivity index (χ1n) is 6.67. The van der Waals surface area contributed by atoms with Crippen LogP contribution < -0.4 is 5.73 Å². The number of halogens is 1. The third kappa shape index (κ3) is 1.93. The number of benzene rings is 1. The van der Waals surface area contributed by atoms with Crippen molar-refractivity contribution in [3.8, 4) is 0 Å². The van der Waals surface area contributed by atoms with Gasteiger partial charge < -0.3 is 10.2 Å². The van der Waals surface area contributed by atoms with Crippen LogP contribution in [0, 0.1) is 11.7 Å². The maximum atomic E-state index is 13.6. The zero-order valence-corrected chi connectivity index (χ0v) is 10.4. The molecule has 1 fully saturated rings. The van der Waals surface area contributed by atoms with E-state index in [1.54, 1.807) is 6.07 Å². The molecule has 1 heterocycles. The van der Waals surface area contributed by atoms with E-state index < -0.39 is 0 Å². The first-order valence-corrected chi connectivity index (χ1v) is 6.67. The van der Waals surface area contributed by atoms with E-state index in [0.29, 0.717) is 24.0 Å². The Labute approximate surface area is 106 Å². The number of hydrogen-bond donors (Lipinski definition) is 1. The fourth-order valence-corrected chi connectivity index (χ4v) is 3.09. The van der Waals surface area contributed by atoms with Gasteiger partial charge in [-0.1, -0.05) is 25.0 Å². The molecule has 0 amide bonds. The van der Waals surface area contributed by atoms with Crippen LogP contribution in [0.3, 0.4) is 0 Å². The fourth-order valence-electron chi connectivity index (χ4n) is 3.09. The van der Waals surface area contributed by atoms with Gasteiger partial charge in [-0.25, -0.2) is 4.39 Å². The maximum Gasteiger partial charge on any atom is 0.169 e. The average molecular weight is 247 g/mol. The van der Waals surface area contributed by atoms with Crippen LogP contribution in [0.15, 0.2) is 28.7 Å². The summed E-state index contributed by atoms with van der Waals surface area (Å²) in [6, 6.07) is 7.04. The highest BCUT2D eigenvalue weighted by atomic mass is 19.1. The Bertz CT molecular complexity index is 548. The van der Waals surface area contributed by atoms with Crippen LogP contribution in [0.5, 0.6) is 0 Å². The molecule has 2 N–H and O–H groups in total. The van der Waals surface area contributed by atoms with E-state index in [9.17, 15) is 4.39 Å². The quantitative estimate of drug-likeness (QED) is 0.876. The summed E-state index contributed by atoms with van der Waals surface area (Å²) in [6.07, 6.45) is 4.71. The molecule has 2 nitrogen and oxygen atoms in total. The second-order valence-corrected chi connectivity index (χ2v) is 5.19. The topological polar surface area (TPSA) is 39.2 Å². The summed E-state index contributed by atoms with van der Waals surface area (Å²) in [5.74, 6) is 1.46. The molecular weight excluding hydrogens is 229 g/mol. The molecule has 2 atom stereocenters. The SMILES string of the molecule is NCC1CCCCC1c1cc2cccc(F)c2o1. The third-order valence-electron chi connectivity index (χ3n) is 4.09. The first kappa shape index (κ1) is 11.7. The number of fused-ring (bicyclic) bond motifs is 1. The highest BCUT2D eigenvalue weighted by molar-refractivity contribution is 5.78. The van der Waals surface area contributed by atoms with Crippen molar-refractivity contribution in [2.45, 2.75) is 31.6 Å². The lowest BCUT2D eigenvalue weighted by Gasteiger charge is -2.28. The van der Waals surface area contributed by atoms with Crippen molar-refractivity contribution in [2.75, 3.05) is 6.54 Å². The van der Waals surface area contributed by atoms with Crippen molar-refractivity contribution in [1.82, 2.24) is 0 Å². The van der Waals surface area contributed by atoms with E-state index in [1.165, 1.54) is 18.9 Å². The molecule has 3 rings (SSSR count). The third-order valence-corrected chi connectivity index (χ3v) is 4.09. The van der Waals surface area contributed by atoms with E-state index in [0.717, 1.165) is 24.0 Å². The molecule has 0 radical (unpaired) electrons. The predicted octanol–water partition coefficient (Wildman–Crippen LogP) is 3.80. The highest BCUT2D eigenvalue weighted by Gasteiger charge is 2.28. The average Bonchev–Trinajstić information content (AvgIpc) is 2.84. The summed E-state index contributed by atoms with van der Waals surface area (Å²) in [6.45, 7) is 0.685. The van der Waals surface area contributed by atoms with Crippen molar-refractivity contribution in [2.24, 2.45) is 11.7 Å². The van der Waals surface area contributed by atoms with Crippen LogP contribution in [0.1, 0.15) is 37.4 Å². The van der Waals surface area contributed by atoms with E-state index in [2.05, 4.69) is 0 Å². The van der Waals surface area contributed by atoms with Crippen LogP contribution >= 0.6 is 0 Å². The van der Waals surface area contributed by atoms with Crippen molar-refractivity contribution in [1.29, 1.82) is 0 Å². The lowest BCUT2D eigenvalue weighted by molar-refractivity contribution is 0.282. The van der Waals surface area contributed by atoms with Gasteiger partial charge in [-0.05, 0) is 37.4 Å². The number of hydrogen-bond acceptors (Lipinski definition) is 2. The lowest BCUT2D eigenvalue weighted by atomic mass is 9.78. The molecule has 3 heteroatoms. The van der Waals surface area contributed by atoms with Crippen LogP contribution in [0.2, 0.25) is 0 Å². The molecule has 0 aliphatic heterocycles. The molecule has 0 spiro atoms. The van der Waals surface area contributed by atoms with Crippen molar-refractivity contribution in [3.05, 3.63) is 35.8 Å². The van der Waals surface area contributed by atoms with Crippen molar-refractivity contribution in [3.63, 3.8) is 0 Å². The first-order chi connectivity index (χ1) is 8.79. The molecule has 0 bridgehead atoms. The standard InChI is InChI=1S/C15H18FNO/c16-13-7-3-5-10-8-14(18-15(10)13)12-6-2-1-4-11(12)9-17/h3,5,7-8,11-12H,1-2,4,6,9,17H2. The van der Waals surface area contributed by atoms with Gasteiger partial charge in [0, 0.05) is 11.3 Å². The zero-order chi connectivity index (χ0) is 12.5. The minimum Gasteiger partial charge on any atom is -0.458 e. The summed E-state index contributed by atoms with van der Waals surface area (Å²) in [7, 11) is 0. The van der Waals surface area contributed by atoms with Gasteiger partial charge in [0.2, 0.25) is 0 Å². The van der Waals surface area contributed by atoms with Gasteiger partial charge in [0.15, 0.2) is 11.4 Å². The van der Waals surface area contributed by atoms with E-state index in [4.69, 9.17) is 10.2 Å². The number of nitrogens with two attached hydrogens (primary N) is 1. The normalized spacial score (nSPS) is 24.6. The minimum atomic E-state index is -0.279. The van der Waals surface area contributed by atoms with Gasteiger partial charge in [-0.15, -0.1) is 0 Å². The molecule has 1 aliphatic rings. The number of furan rings is 1. The van der Waals surface area contributed by atoms with E-state index >= 15 is 0 Å². The summed E-state index contributed by atoms with van der Waals surface area (Å²) in [4.78, 5) is 0. The molecule has 18 heavy (non-hydrogen) atoms. The van der Waals surface area contributed by atoms with Crippen molar-refractivity contribution >= 4 is 11.0 Å². The van der Waals surface area contributed by atoms with Crippen LogP contribution in [0.4, 0.5) is 4.39 Å². The Hall–Kier alpha value is -1.35. The van der Waals surface area contributed by atoms with Gasteiger partial charge in [-0.2, -0.15) is 0 Å². The second-order valence-electron chi connectivity index (χ2n) is 5.19. The number of para-hydroxylation sites is 1. The monoisotopic (exact) mass is 247 g/mol. The van der Waals surface area contributed by atoms with Crippen LogP contribution in [-0.2, 0) is 0 Å². The molecule has 1 aromatic heterocycles. The lowest BCUT2D eigenvalue weighted by Crippen LogP contribution is -2.24. The fraction of sp³-hybridized carbons (Fsp3) is 0.467. The Kier molecular flexibility index (Phi) is 3.08. The smallest absolute Gasteiger partial charge is 0.169 e. The molecule has 2 unspecified atom stereocenters. The molecule has 1 saturated carbocycles. The van der Waals surface area contributed by atoms with Gasteiger partial charge in [0.1, 0.15) is 5.76 Å². The largest absolute Gasteiger partial charge is 0.458 e. The van der Waals surface area contributed by atoms with Crippen LogP contribution in [0.25, 0.3) is 11.0 Å². The van der Waals surface area contributed by atoms with E-state index in [-0.39, 0.29) is 5.82 Å². The Morgan fingerprint density at radius 3 is 2.89 bits per heavy atom. The highest BCUT2D eigenvalue weighted by Crippen LogP contribution is 2.39. The van der Waals surface area contributed by atoms with Gasteiger partial charge >= 0.3 is 0 Å². The molecular formula is C15H18FNO. The van der Waals surface area contributed by atoms with E-state index in [1.807, 2.05) is 12.1 Å². The summed E-state index contributed by atoms with van der Waals surface area (Å²) in [5, 5.41) is 0.853. The summed E-state index contributed by atoms with van der Waals surface area (Å²) < 4.78 is 19.4. The van der Waals surface area contributed by atoms with Gasteiger partial charge in [0.05, 0.1) is 0 Å². The summed E-state index contributed by atoms with van der Waals surface area (Å²) >= 11 is 0. The van der Waals surface area contributed by atoms with Gasteiger partial charge in [-0.3, -0.25) is 0 Å². The van der Waals surface area contributed by atoms with Crippen LogP contribution in [-0.4, -0.2) is 6.54 Å². The molecule has 96 valence electrons. The molecule has 2 aromatic rings. The molecule has 0 saturated heterocycles. The zero-order valence-electron chi connectivity index (χ0n) is 10.4. The summed E-state index contributed by atoms with van der Waals surface area (Å²) in [5.41, 5.74) is 6.22. The van der Waals surface area contributed by atoms with Gasteiger partial charge in [0.25, 0.3) is 0 Å². The Morgan fingerprint density at radius 2 is 2.11 bits per heavy atom. The molecule has 1 aromatic carbocycles. The minimum absolute atomic E-state index is 0.279. The Morgan fingerprint density at radius 1 is 1.28 bits per heavy atom. The van der Waals surface area contributed by atoms with Crippen molar-refractivity contribution < 1.29 is 8.81 Å². The number of rotatable bonds is 2. The Balaban J connectivity index is 2.00.